The lowest BCUT2D eigenvalue weighted by Gasteiger charge is -2.08. The summed E-state index contributed by atoms with van der Waals surface area (Å²) in [5.41, 5.74) is 0. The number of rotatable bonds is 12. The molecule has 116 valence electrons. The summed E-state index contributed by atoms with van der Waals surface area (Å²) >= 11 is 0. The fourth-order valence-corrected chi connectivity index (χ4v) is 2.12. The van der Waals surface area contributed by atoms with Crippen molar-refractivity contribution in [3.63, 3.8) is 0 Å². The molecule has 0 fully saturated rings. The molecule has 0 aromatic heterocycles. The molecule has 0 rings (SSSR count). The number of hydrogen-bond acceptors (Lipinski definition) is 1. The van der Waals surface area contributed by atoms with Gasteiger partial charge < -0.3 is 5.32 Å². The Labute approximate surface area is 122 Å². The van der Waals surface area contributed by atoms with Gasteiger partial charge >= 0.3 is 0 Å². The van der Waals surface area contributed by atoms with Crippen LogP contribution in [-0.2, 0) is 4.79 Å². The van der Waals surface area contributed by atoms with E-state index in [1.807, 2.05) is 13.8 Å². The number of nitrogens with one attached hydrogen (secondary N) is 1. The molecule has 0 saturated heterocycles. The molecule has 0 aliphatic rings. The molecule has 0 heterocycles. The second-order valence-electron chi connectivity index (χ2n) is 6.22. The molecular weight excluding hydrogens is 234 g/mol. The smallest absolute Gasteiger partial charge is 0.222 e. The van der Waals surface area contributed by atoms with Crippen LogP contribution in [-0.4, -0.2) is 12.5 Å². The zero-order valence-electron chi connectivity index (χ0n) is 13.6. The average molecular weight is 271 g/mol. The predicted molar refractivity (Wildman–Crippen MR) is 86.4 cm³/mol. The largest absolute Gasteiger partial charge is 0.356 e. The third-order valence-electron chi connectivity index (χ3n) is 3.89. The summed E-state index contributed by atoms with van der Waals surface area (Å²) in [5.74, 6) is 1.21. The standard InChI is InChI=1S/C17H35NO.H2/c1-5-16(4)13-11-9-7-6-8-10-12-14-18-17(19)15(2)3;/h15-16H,5-14H2,1-4H3,(H,18,19);1H. The van der Waals surface area contributed by atoms with E-state index in [0.29, 0.717) is 0 Å². The molecule has 0 radical (unpaired) electrons. The normalized spacial score (nSPS) is 12.7. The first-order valence-electron chi connectivity index (χ1n) is 8.35. The third kappa shape index (κ3) is 12.3. The van der Waals surface area contributed by atoms with Gasteiger partial charge in [-0.05, 0) is 12.3 Å². The molecule has 0 spiro atoms. The van der Waals surface area contributed by atoms with Crippen LogP contribution in [0.4, 0.5) is 0 Å². The number of carbonyl (C=O) groups excluding carboxylic acids is 1. The van der Waals surface area contributed by atoms with Gasteiger partial charge in [0.15, 0.2) is 0 Å². The zero-order chi connectivity index (χ0) is 14.5. The van der Waals surface area contributed by atoms with Crippen LogP contribution >= 0.6 is 0 Å². The molecule has 1 N–H and O–H groups in total. The summed E-state index contributed by atoms with van der Waals surface area (Å²) in [7, 11) is 0. The van der Waals surface area contributed by atoms with Crippen molar-refractivity contribution in [3.8, 4) is 0 Å². The van der Waals surface area contributed by atoms with E-state index in [2.05, 4.69) is 19.2 Å². The van der Waals surface area contributed by atoms with Crippen LogP contribution in [0.25, 0.3) is 0 Å². The predicted octanol–water partition coefficient (Wildman–Crippen LogP) is 5.17. The van der Waals surface area contributed by atoms with Gasteiger partial charge in [-0.15, -0.1) is 0 Å². The van der Waals surface area contributed by atoms with Crippen LogP contribution in [0.5, 0.6) is 0 Å². The van der Waals surface area contributed by atoms with Gasteiger partial charge in [-0.3, -0.25) is 4.79 Å². The molecule has 0 saturated carbocycles. The van der Waals surface area contributed by atoms with E-state index in [9.17, 15) is 4.79 Å². The first kappa shape index (κ1) is 18.5. The maximum atomic E-state index is 11.3. The molecule has 2 heteroatoms. The van der Waals surface area contributed by atoms with Crippen molar-refractivity contribution in [2.75, 3.05) is 6.54 Å². The van der Waals surface area contributed by atoms with E-state index in [1.54, 1.807) is 0 Å². The van der Waals surface area contributed by atoms with E-state index in [-0.39, 0.29) is 13.3 Å². The molecular formula is C17H37NO. The van der Waals surface area contributed by atoms with Crippen molar-refractivity contribution in [2.24, 2.45) is 11.8 Å². The van der Waals surface area contributed by atoms with Crippen molar-refractivity contribution < 1.29 is 6.22 Å². The Morgan fingerprint density at radius 1 is 0.947 bits per heavy atom. The SMILES string of the molecule is CCC(C)CCCCCCCCCNC(=O)C(C)C.[HH]. The fraction of sp³-hybridized carbons (Fsp3) is 0.941. The van der Waals surface area contributed by atoms with Crippen molar-refractivity contribution in [3.05, 3.63) is 0 Å². The Hall–Kier alpha value is -0.530. The van der Waals surface area contributed by atoms with Gasteiger partial charge in [-0.25, -0.2) is 0 Å². The van der Waals surface area contributed by atoms with E-state index >= 15 is 0 Å². The topological polar surface area (TPSA) is 29.1 Å². The Balaban J connectivity index is 0. The summed E-state index contributed by atoms with van der Waals surface area (Å²) in [6, 6.07) is 0. The summed E-state index contributed by atoms with van der Waals surface area (Å²) in [6.45, 7) is 9.36. The summed E-state index contributed by atoms with van der Waals surface area (Å²) in [6.07, 6.45) is 12.0. The highest BCUT2D eigenvalue weighted by Gasteiger charge is 2.04. The Kier molecular flexibility index (Phi) is 12.2. The van der Waals surface area contributed by atoms with Crippen molar-refractivity contribution in [1.29, 1.82) is 0 Å². The molecule has 1 unspecified atom stereocenters. The molecule has 19 heavy (non-hydrogen) atoms. The van der Waals surface area contributed by atoms with Crippen LogP contribution in [0.3, 0.4) is 0 Å². The second kappa shape index (κ2) is 12.5. The number of hydrogen-bond donors (Lipinski definition) is 1. The van der Waals surface area contributed by atoms with Gasteiger partial charge in [0.2, 0.25) is 5.91 Å². The molecule has 0 aromatic carbocycles. The Bertz CT molecular complexity index is 219. The van der Waals surface area contributed by atoms with Gasteiger partial charge in [0.1, 0.15) is 0 Å². The van der Waals surface area contributed by atoms with Crippen molar-refractivity contribution in [2.45, 2.75) is 85.5 Å². The van der Waals surface area contributed by atoms with Crippen molar-refractivity contribution in [1.82, 2.24) is 5.32 Å². The van der Waals surface area contributed by atoms with E-state index in [1.165, 1.54) is 51.4 Å². The summed E-state index contributed by atoms with van der Waals surface area (Å²) in [4.78, 5) is 11.3. The van der Waals surface area contributed by atoms with Crippen molar-refractivity contribution >= 4 is 5.91 Å². The van der Waals surface area contributed by atoms with E-state index < -0.39 is 0 Å². The maximum absolute atomic E-state index is 11.3. The molecule has 0 bridgehead atoms. The second-order valence-corrected chi connectivity index (χ2v) is 6.22. The van der Waals surface area contributed by atoms with E-state index in [0.717, 1.165) is 18.9 Å². The van der Waals surface area contributed by atoms with Gasteiger partial charge in [-0.1, -0.05) is 79.1 Å². The lowest BCUT2D eigenvalue weighted by atomic mass is 10.00. The lowest BCUT2D eigenvalue weighted by Crippen LogP contribution is -2.28. The van der Waals surface area contributed by atoms with Crippen LogP contribution < -0.4 is 5.32 Å². The summed E-state index contributed by atoms with van der Waals surface area (Å²) in [5, 5.41) is 2.97. The molecule has 2 nitrogen and oxygen atoms in total. The molecule has 0 aromatic rings. The molecule has 1 atom stereocenters. The van der Waals surface area contributed by atoms with E-state index in [4.69, 9.17) is 0 Å². The monoisotopic (exact) mass is 271 g/mol. The number of carbonyl (C=O) groups is 1. The van der Waals surface area contributed by atoms with Crippen LogP contribution in [0, 0.1) is 11.8 Å². The van der Waals surface area contributed by atoms with Crippen LogP contribution in [0.1, 0.15) is 86.9 Å². The van der Waals surface area contributed by atoms with Crippen LogP contribution in [0.15, 0.2) is 0 Å². The highest BCUT2D eigenvalue weighted by Crippen LogP contribution is 2.14. The first-order valence-corrected chi connectivity index (χ1v) is 8.35. The minimum Gasteiger partial charge on any atom is -0.356 e. The van der Waals surface area contributed by atoms with Gasteiger partial charge in [0.05, 0.1) is 0 Å². The number of unbranched alkanes of at least 4 members (excludes halogenated alkanes) is 6. The minimum atomic E-state index is 0. The maximum Gasteiger partial charge on any atom is 0.222 e. The molecule has 0 aliphatic heterocycles. The molecule has 1 amide bonds. The minimum absolute atomic E-state index is 0. The highest BCUT2D eigenvalue weighted by molar-refractivity contribution is 5.77. The quantitative estimate of drug-likeness (QED) is 0.487. The molecule has 0 aliphatic carbocycles. The van der Waals surface area contributed by atoms with Gasteiger partial charge in [0, 0.05) is 13.9 Å². The Morgan fingerprint density at radius 3 is 2.00 bits per heavy atom. The third-order valence-corrected chi connectivity index (χ3v) is 3.89. The van der Waals surface area contributed by atoms with Gasteiger partial charge in [-0.2, -0.15) is 0 Å². The van der Waals surface area contributed by atoms with Crippen LogP contribution in [0.2, 0.25) is 0 Å². The highest BCUT2D eigenvalue weighted by atomic mass is 16.1. The average Bonchev–Trinajstić information content (AvgIpc) is 2.39. The summed E-state index contributed by atoms with van der Waals surface area (Å²) < 4.78 is 0. The fourth-order valence-electron chi connectivity index (χ4n) is 2.12. The Morgan fingerprint density at radius 2 is 1.47 bits per heavy atom. The first-order chi connectivity index (χ1) is 9.07. The lowest BCUT2D eigenvalue weighted by molar-refractivity contribution is -0.123. The number of amides is 1. The zero-order valence-corrected chi connectivity index (χ0v) is 13.6. The van der Waals surface area contributed by atoms with Gasteiger partial charge in [0.25, 0.3) is 0 Å².